The molecule has 0 saturated carbocycles. The molecule has 0 fully saturated rings. The SMILES string of the molecule is COc1cccc(CN(C(=O)Cn2nnc3ccccc32)[C@H](C(=O)NCc2ccccc2)c2ccccc2F)c1. The molecule has 5 aromatic rings. The zero-order chi connectivity index (χ0) is 27.9. The molecule has 0 aliphatic heterocycles. The van der Waals surface area contributed by atoms with Gasteiger partial charge in [-0.25, -0.2) is 9.07 Å². The summed E-state index contributed by atoms with van der Waals surface area (Å²) in [6, 6.07) is 28.6. The third kappa shape index (κ3) is 5.99. The van der Waals surface area contributed by atoms with Crippen molar-refractivity contribution in [3.05, 3.63) is 126 Å². The number of aromatic nitrogens is 3. The van der Waals surface area contributed by atoms with E-state index in [1.165, 1.54) is 21.7 Å². The first-order valence-corrected chi connectivity index (χ1v) is 12.8. The van der Waals surface area contributed by atoms with E-state index in [4.69, 9.17) is 4.74 Å². The Morgan fingerprint density at radius 3 is 2.45 bits per heavy atom. The van der Waals surface area contributed by atoms with Crippen molar-refractivity contribution in [2.24, 2.45) is 0 Å². The van der Waals surface area contributed by atoms with Crippen molar-refractivity contribution in [1.29, 1.82) is 0 Å². The molecule has 0 unspecified atom stereocenters. The number of halogens is 1. The molecular weight excluding hydrogens is 509 g/mol. The van der Waals surface area contributed by atoms with Gasteiger partial charge in [0.25, 0.3) is 0 Å². The normalized spacial score (nSPS) is 11.7. The molecule has 0 saturated heterocycles. The van der Waals surface area contributed by atoms with Crippen LogP contribution in [0, 0.1) is 5.82 Å². The molecule has 1 N–H and O–H groups in total. The predicted octanol–water partition coefficient (Wildman–Crippen LogP) is 4.67. The number of carbonyl (C=O) groups excluding carboxylic acids is 2. The molecular formula is C31H28FN5O3. The van der Waals surface area contributed by atoms with Crippen LogP contribution in [0.3, 0.4) is 0 Å². The molecule has 40 heavy (non-hydrogen) atoms. The number of nitrogens with one attached hydrogen (secondary N) is 1. The van der Waals surface area contributed by atoms with E-state index in [2.05, 4.69) is 15.6 Å². The summed E-state index contributed by atoms with van der Waals surface area (Å²) < 4.78 is 22.1. The molecule has 4 aromatic carbocycles. The predicted molar refractivity (Wildman–Crippen MR) is 149 cm³/mol. The van der Waals surface area contributed by atoms with E-state index >= 15 is 4.39 Å². The average molecular weight is 538 g/mol. The minimum Gasteiger partial charge on any atom is -0.497 e. The van der Waals surface area contributed by atoms with Crippen LogP contribution in [0.2, 0.25) is 0 Å². The summed E-state index contributed by atoms with van der Waals surface area (Å²) in [5.74, 6) is -0.921. The lowest BCUT2D eigenvalue weighted by atomic mass is 10.0. The number of hydrogen-bond donors (Lipinski definition) is 1. The Kier molecular flexibility index (Phi) is 8.10. The van der Waals surface area contributed by atoms with Crippen LogP contribution in [0.4, 0.5) is 4.39 Å². The van der Waals surface area contributed by atoms with Gasteiger partial charge < -0.3 is 15.0 Å². The molecule has 0 spiro atoms. The maximum Gasteiger partial charge on any atom is 0.247 e. The number of hydrogen-bond acceptors (Lipinski definition) is 5. The number of carbonyl (C=O) groups is 2. The number of para-hydroxylation sites is 1. The molecule has 202 valence electrons. The Balaban J connectivity index is 1.53. The average Bonchev–Trinajstić information content (AvgIpc) is 3.39. The molecule has 8 nitrogen and oxygen atoms in total. The first-order chi connectivity index (χ1) is 19.5. The fourth-order valence-electron chi connectivity index (χ4n) is 4.57. The number of amides is 2. The van der Waals surface area contributed by atoms with E-state index < -0.39 is 23.7 Å². The van der Waals surface area contributed by atoms with Gasteiger partial charge in [0.1, 0.15) is 29.7 Å². The lowest BCUT2D eigenvalue weighted by Gasteiger charge is -2.32. The van der Waals surface area contributed by atoms with Crippen LogP contribution in [0.5, 0.6) is 5.75 Å². The number of ether oxygens (including phenoxy) is 1. The van der Waals surface area contributed by atoms with Crippen LogP contribution in [0.25, 0.3) is 11.0 Å². The zero-order valence-corrected chi connectivity index (χ0v) is 21.9. The number of methoxy groups -OCH3 is 1. The lowest BCUT2D eigenvalue weighted by molar-refractivity contribution is -0.142. The summed E-state index contributed by atoms with van der Waals surface area (Å²) in [7, 11) is 1.55. The van der Waals surface area contributed by atoms with Crippen molar-refractivity contribution >= 4 is 22.8 Å². The summed E-state index contributed by atoms with van der Waals surface area (Å²) in [5, 5.41) is 11.2. The minimum absolute atomic E-state index is 0.0282. The monoisotopic (exact) mass is 537 g/mol. The molecule has 5 rings (SSSR count). The van der Waals surface area contributed by atoms with Crippen molar-refractivity contribution in [1.82, 2.24) is 25.2 Å². The van der Waals surface area contributed by atoms with Gasteiger partial charge in [-0.15, -0.1) is 5.10 Å². The summed E-state index contributed by atoms with van der Waals surface area (Å²) in [6.45, 7) is 0.0569. The van der Waals surface area contributed by atoms with E-state index in [9.17, 15) is 9.59 Å². The van der Waals surface area contributed by atoms with Crippen molar-refractivity contribution < 1.29 is 18.7 Å². The molecule has 0 bridgehead atoms. The third-order valence-corrected chi connectivity index (χ3v) is 6.58. The fraction of sp³-hybridized carbons (Fsp3) is 0.161. The zero-order valence-electron chi connectivity index (χ0n) is 21.9. The van der Waals surface area contributed by atoms with E-state index in [0.29, 0.717) is 22.3 Å². The third-order valence-electron chi connectivity index (χ3n) is 6.58. The Hall–Kier alpha value is -5.05. The topological polar surface area (TPSA) is 89.3 Å². The van der Waals surface area contributed by atoms with Gasteiger partial charge in [-0.05, 0) is 41.5 Å². The highest BCUT2D eigenvalue weighted by Gasteiger charge is 2.34. The second-order valence-electron chi connectivity index (χ2n) is 9.24. The van der Waals surface area contributed by atoms with Crippen LogP contribution < -0.4 is 10.1 Å². The van der Waals surface area contributed by atoms with Crippen molar-refractivity contribution in [3.8, 4) is 5.75 Å². The second-order valence-corrected chi connectivity index (χ2v) is 9.24. The number of fused-ring (bicyclic) bond motifs is 1. The van der Waals surface area contributed by atoms with Gasteiger partial charge in [-0.2, -0.15) is 0 Å². The van der Waals surface area contributed by atoms with Crippen LogP contribution in [-0.2, 0) is 29.2 Å². The first-order valence-electron chi connectivity index (χ1n) is 12.8. The second kappa shape index (κ2) is 12.2. The molecule has 0 radical (unpaired) electrons. The van der Waals surface area contributed by atoms with E-state index in [1.54, 1.807) is 43.5 Å². The number of benzene rings is 4. The van der Waals surface area contributed by atoms with Gasteiger partial charge in [0.15, 0.2) is 0 Å². The Labute approximate surface area is 231 Å². The molecule has 2 amide bonds. The van der Waals surface area contributed by atoms with E-state index in [-0.39, 0.29) is 25.2 Å². The Morgan fingerprint density at radius 2 is 1.65 bits per heavy atom. The summed E-state index contributed by atoms with van der Waals surface area (Å²) in [6.07, 6.45) is 0. The largest absolute Gasteiger partial charge is 0.497 e. The highest BCUT2D eigenvalue weighted by molar-refractivity contribution is 5.89. The molecule has 1 atom stereocenters. The molecule has 0 aliphatic rings. The van der Waals surface area contributed by atoms with Gasteiger partial charge in [-0.1, -0.05) is 78.0 Å². The van der Waals surface area contributed by atoms with E-state index in [0.717, 1.165) is 5.56 Å². The van der Waals surface area contributed by atoms with Crippen LogP contribution in [-0.4, -0.2) is 38.8 Å². The molecule has 1 heterocycles. The summed E-state index contributed by atoms with van der Waals surface area (Å²) in [4.78, 5) is 29.2. The number of nitrogens with zero attached hydrogens (tertiary/aromatic N) is 4. The van der Waals surface area contributed by atoms with Crippen LogP contribution >= 0.6 is 0 Å². The van der Waals surface area contributed by atoms with E-state index in [1.807, 2.05) is 54.6 Å². The van der Waals surface area contributed by atoms with Gasteiger partial charge in [0.05, 0.1) is 12.6 Å². The van der Waals surface area contributed by atoms with Gasteiger partial charge in [0.2, 0.25) is 11.8 Å². The molecule has 1 aromatic heterocycles. The minimum atomic E-state index is -1.25. The number of rotatable bonds is 10. The quantitative estimate of drug-likeness (QED) is 0.280. The maximum absolute atomic E-state index is 15.3. The standard InChI is InChI=1S/C31H28FN5O3/c1-40-24-13-9-12-23(18-24)20-36(29(38)21-37-28-17-8-7-16-27(28)34-35-37)30(25-14-5-6-15-26(25)32)31(39)33-19-22-10-3-2-4-11-22/h2-18,30H,19-21H2,1H3,(H,33,39)/t30-/m0/s1. The first kappa shape index (κ1) is 26.6. The highest BCUT2D eigenvalue weighted by Crippen LogP contribution is 2.28. The lowest BCUT2D eigenvalue weighted by Crippen LogP contribution is -2.44. The molecule has 0 aliphatic carbocycles. The molecule has 9 heteroatoms. The van der Waals surface area contributed by atoms with Crippen molar-refractivity contribution in [3.63, 3.8) is 0 Å². The van der Waals surface area contributed by atoms with Crippen molar-refractivity contribution in [2.45, 2.75) is 25.7 Å². The van der Waals surface area contributed by atoms with Crippen molar-refractivity contribution in [2.75, 3.05) is 7.11 Å². The van der Waals surface area contributed by atoms with Crippen LogP contribution in [0.15, 0.2) is 103 Å². The maximum atomic E-state index is 15.3. The fourth-order valence-corrected chi connectivity index (χ4v) is 4.57. The Morgan fingerprint density at radius 1 is 0.925 bits per heavy atom. The van der Waals surface area contributed by atoms with Gasteiger partial charge >= 0.3 is 0 Å². The van der Waals surface area contributed by atoms with Gasteiger partial charge in [-0.3, -0.25) is 9.59 Å². The Bertz CT molecular complexity index is 1620. The highest BCUT2D eigenvalue weighted by atomic mass is 19.1. The smallest absolute Gasteiger partial charge is 0.247 e. The van der Waals surface area contributed by atoms with Gasteiger partial charge in [0, 0.05) is 18.7 Å². The summed E-state index contributed by atoms with van der Waals surface area (Å²) >= 11 is 0. The summed E-state index contributed by atoms with van der Waals surface area (Å²) in [5.41, 5.74) is 3.00. The van der Waals surface area contributed by atoms with Crippen LogP contribution in [0.1, 0.15) is 22.7 Å².